The summed E-state index contributed by atoms with van der Waals surface area (Å²) < 4.78 is 7.56. The minimum Gasteiger partial charge on any atom is -0.473 e. The Labute approximate surface area is 130 Å². The first-order valence-electron chi connectivity index (χ1n) is 6.80. The van der Waals surface area contributed by atoms with Gasteiger partial charge in [0.05, 0.1) is 17.0 Å². The van der Waals surface area contributed by atoms with Gasteiger partial charge in [-0.05, 0) is 44.3 Å². The van der Waals surface area contributed by atoms with Crippen molar-refractivity contribution in [3.05, 3.63) is 30.9 Å². The molecule has 0 bridgehead atoms. The van der Waals surface area contributed by atoms with E-state index in [9.17, 15) is 0 Å². The third-order valence-electron chi connectivity index (χ3n) is 2.83. The van der Waals surface area contributed by atoms with Crippen LogP contribution in [0.5, 0.6) is 5.88 Å². The lowest BCUT2D eigenvalue weighted by Crippen LogP contribution is -2.28. The van der Waals surface area contributed by atoms with E-state index >= 15 is 0 Å². The number of rotatable bonds is 5. The van der Waals surface area contributed by atoms with Gasteiger partial charge < -0.3 is 15.4 Å². The second kappa shape index (κ2) is 6.58. The van der Waals surface area contributed by atoms with Gasteiger partial charge in [0.1, 0.15) is 0 Å². The number of fused-ring (bicyclic) bond motifs is 1. The zero-order chi connectivity index (χ0) is 15.4. The Bertz CT molecular complexity index is 663. The molecule has 21 heavy (non-hydrogen) atoms. The fourth-order valence-electron chi connectivity index (χ4n) is 1.96. The molecule has 112 valence electrons. The molecular formula is C15H20N4OS. The first-order chi connectivity index (χ1) is 10.0. The lowest BCUT2D eigenvalue weighted by Gasteiger charge is -2.10. The summed E-state index contributed by atoms with van der Waals surface area (Å²) in [5, 5.41) is 12.1. The van der Waals surface area contributed by atoms with Gasteiger partial charge in [0.2, 0.25) is 5.88 Å². The second-order valence-corrected chi connectivity index (χ2v) is 5.36. The monoisotopic (exact) mass is 304 g/mol. The molecule has 2 N–H and O–H groups in total. The molecule has 2 aromatic rings. The molecule has 0 atom stereocenters. The molecule has 0 spiro atoms. The summed E-state index contributed by atoms with van der Waals surface area (Å²) in [6.45, 7) is 8.24. The van der Waals surface area contributed by atoms with Crippen molar-refractivity contribution >= 4 is 33.9 Å². The molecule has 0 radical (unpaired) electrons. The number of thiocarbonyl (C=S) groups is 1. The third kappa shape index (κ3) is 3.72. The zero-order valence-corrected chi connectivity index (χ0v) is 13.3. The van der Waals surface area contributed by atoms with Gasteiger partial charge in [-0.3, -0.25) is 4.68 Å². The van der Waals surface area contributed by atoms with Crippen LogP contribution in [-0.2, 0) is 7.05 Å². The Morgan fingerprint density at radius 2 is 2.29 bits per heavy atom. The average Bonchev–Trinajstić information content (AvgIpc) is 2.72. The second-order valence-electron chi connectivity index (χ2n) is 4.95. The standard InChI is InChI=1S/C15H20N4OS/c1-5-8-16-15(21)17-11-6-7-13-12(9-11)14(18-19(13)4)20-10(2)3/h5-7,9-10H,1,8H2,2-4H3,(H2,16,17,21). The van der Waals surface area contributed by atoms with E-state index in [1.807, 2.05) is 43.8 Å². The number of benzene rings is 1. The van der Waals surface area contributed by atoms with Gasteiger partial charge in [0, 0.05) is 19.3 Å². The van der Waals surface area contributed by atoms with Crippen molar-refractivity contribution in [1.29, 1.82) is 0 Å². The molecule has 0 amide bonds. The highest BCUT2D eigenvalue weighted by molar-refractivity contribution is 7.80. The van der Waals surface area contributed by atoms with Crippen LogP contribution in [0.3, 0.4) is 0 Å². The van der Waals surface area contributed by atoms with Gasteiger partial charge in [0.25, 0.3) is 0 Å². The highest BCUT2D eigenvalue weighted by Crippen LogP contribution is 2.28. The normalized spacial score (nSPS) is 10.7. The van der Waals surface area contributed by atoms with E-state index in [-0.39, 0.29) is 6.10 Å². The third-order valence-corrected chi connectivity index (χ3v) is 3.07. The lowest BCUT2D eigenvalue weighted by atomic mass is 10.2. The number of aromatic nitrogens is 2. The van der Waals surface area contributed by atoms with Crippen molar-refractivity contribution in [1.82, 2.24) is 15.1 Å². The number of hydrogen-bond donors (Lipinski definition) is 2. The van der Waals surface area contributed by atoms with Crippen molar-refractivity contribution in [2.45, 2.75) is 20.0 Å². The van der Waals surface area contributed by atoms with Crippen LogP contribution in [-0.4, -0.2) is 27.5 Å². The maximum atomic E-state index is 5.75. The molecule has 1 heterocycles. The maximum Gasteiger partial charge on any atom is 0.241 e. The smallest absolute Gasteiger partial charge is 0.241 e. The summed E-state index contributed by atoms with van der Waals surface area (Å²) in [5.41, 5.74) is 1.91. The summed E-state index contributed by atoms with van der Waals surface area (Å²) >= 11 is 5.21. The van der Waals surface area contributed by atoms with E-state index in [1.165, 1.54) is 0 Å². The maximum absolute atomic E-state index is 5.75. The van der Waals surface area contributed by atoms with Crippen molar-refractivity contribution in [3.63, 3.8) is 0 Å². The van der Waals surface area contributed by atoms with E-state index in [4.69, 9.17) is 17.0 Å². The van der Waals surface area contributed by atoms with Crippen molar-refractivity contribution in [2.75, 3.05) is 11.9 Å². The summed E-state index contributed by atoms with van der Waals surface area (Å²) in [4.78, 5) is 0. The summed E-state index contributed by atoms with van der Waals surface area (Å²) in [6.07, 6.45) is 1.84. The molecule has 6 heteroatoms. The summed E-state index contributed by atoms with van der Waals surface area (Å²) in [5.74, 6) is 0.635. The van der Waals surface area contributed by atoms with Crippen LogP contribution in [0.2, 0.25) is 0 Å². The molecule has 0 saturated heterocycles. The van der Waals surface area contributed by atoms with Crippen LogP contribution in [0.1, 0.15) is 13.8 Å². The fraction of sp³-hybridized carbons (Fsp3) is 0.333. The fourth-order valence-corrected chi connectivity index (χ4v) is 2.16. The molecule has 1 aromatic carbocycles. The van der Waals surface area contributed by atoms with Crippen LogP contribution >= 0.6 is 12.2 Å². The van der Waals surface area contributed by atoms with E-state index < -0.39 is 0 Å². The Hall–Kier alpha value is -2.08. The number of ether oxygens (including phenoxy) is 1. The van der Waals surface area contributed by atoms with Gasteiger partial charge in [0.15, 0.2) is 5.11 Å². The Kier molecular flexibility index (Phi) is 4.80. The molecule has 0 aliphatic carbocycles. The lowest BCUT2D eigenvalue weighted by molar-refractivity contribution is 0.233. The molecule has 5 nitrogen and oxygen atoms in total. The molecule has 0 saturated carbocycles. The minimum atomic E-state index is 0.0787. The number of aryl methyl sites for hydroxylation is 1. The van der Waals surface area contributed by atoms with Crippen LogP contribution < -0.4 is 15.4 Å². The molecule has 0 fully saturated rings. The highest BCUT2D eigenvalue weighted by atomic mass is 32.1. The minimum absolute atomic E-state index is 0.0787. The summed E-state index contributed by atoms with van der Waals surface area (Å²) in [7, 11) is 1.90. The van der Waals surface area contributed by atoms with Gasteiger partial charge >= 0.3 is 0 Å². The van der Waals surface area contributed by atoms with E-state index in [0.717, 1.165) is 16.6 Å². The average molecular weight is 304 g/mol. The summed E-state index contributed by atoms with van der Waals surface area (Å²) in [6, 6.07) is 5.95. The molecule has 0 aliphatic rings. The first-order valence-corrected chi connectivity index (χ1v) is 7.21. The van der Waals surface area contributed by atoms with Gasteiger partial charge in [-0.2, -0.15) is 0 Å². The topological polar surface area (TPSA) is 51.1 Å². The van der Waals surface area contributed by atoms with Crippen LogP contribution in [0.25, 0.3) is 10.9 Å². The van der Waals surface area contributed by atoms with Gasteiger partial charge in [-0.15, -0.1) is 11.7 Å². The van der Waals surface area contributed by atoms with Crippen molar-refractivity contribution in [3.8, 4) is 5.88 Å². The SMILES string of the molecule is C=CCNC(=S)Nc1ccc2c(c1)c(OC(C)C)nn2C. The number of anilines is 1. The largest absolute Gasteiger partial charge is 0.473 e. The van der Waals surface area contributed by atoms with E-state index in [0.29, 0.717) is 17.5 Å². The number of hydrogen-bond acceptors (Lipinski definition) is 3. The Balaban J connectivity index is 2.27. The number of nitrogens with zero attached hydrogens (tertiary/aromatic N) is 2. The molecular weight excluding hydrogens is 284 g/mol. The van der Waals surface area contributed by atoms with Crippen LogP contribution in [0.4, 0.5) is 5.69 Å². The Morgan fingerprint density at radius 1 is 1.52 bits per heavy atom. The van der Waals surface area contributed by atoms with E-state index in [2.05, 4.69) is 22.3 Å². The molecule has 0 unspecified atom stereocenters. The van der Waals surface area contributed by atoms with E-state index in [1.54, 1.807) is 6.08 Å². The Morgan fingerprint density at radius 3 is 2.95 bits per heavy atom. The van der Waals surface area contributed by atoms with Crippen LogP contribution in [0.15, 0.2) is 30.9 Å². The molecule has 0 aliphatic heterocycles. The van der Waals surface area contributed by atoms with Crippen molar-refractivity contribution in [2.24, 2.45) is 7.05 Å². The van der Waals surface area contributed by atoms with Gasteiger partial charge in [-0.1, -0.05) is 6.08 Å². The predicted molar refractivity (Wildman–Crippen MR) is 90.9 cm³/mol. The van der Waals surface area contributed by atoms with Crippen molar-refractivity contribution < 1.29 is 4.74 Å². The molecule has 2 rings (SSSR count). The quantitative estimate of drug-likeness (QED) is 0.657. The predicted octanol–water partition coefficient (Wildman–Crippen LogP) is 2.83. The first kappa shape index (κ1) is 15.3. The van der Waals surface area contributed by atoms with Crippen LogP contribution in [0, 0.1) is 0 Å². The van der Waals surface area contributed by atoms with Gasteiger partial charge in [-0.25, -0.2) is 0 Å². The highest BCUT2D eigenvalue weighted by Gasteiger charge is 2.12. The zero-order valence-electron chi connectivity index (χ0n) is 12.5. The number of nitrogens with one attached hydrogen (secondary N) is 2. The molecule has 1 aromatic heterocycles.